The summed E-state index contributed by atoms with van der Waals surface area (Å²) in [5.41, 5.74) is 2.64. The van der Waals surface area contributed by atoms with Crippen LogP contribution in [0.4, 0.5) is 10.5 Å². The molecule has 0 aromatic heterocycles. The smallest absolute Gasteiger partial charge is 0.317 e. The SMILES string of the molecule is N#Cc1cccc(N2CCN(C(=O)NCc3ccc4c(c3)OCO4)CC2)c1. The molecular weight excluding hydrogens is 344 g/mol. The third-order valence-corrected chi connectivity index (χ3v) is 4.79. The molecule has 0 bridgehead atoms. The second kappa shape index (κ2) is 7.46. The van der Waals surface area contributed by atoms with Crippen molar-refractivity contribution in [2.45, 2.75) is 6.54 Å². The summed E-state index contributed by atoms with van der Waals surface area (Å²) in [5.74, 6) is 1.46. The van der Waals surface area contributed by atoms with Crippen molar-refractivity contribution in [1.29, 1.82) is 5.26 Å². The van der Waals surface area contributed by atoms with Crippen molar-refractivity contribution in [3.8, 4) is 17.6 Å². The number of nitrogens with zero attached hydrogens (tertiary/aromatic N) is 3. The molecule has 0 saturated carbocycles. The number of carbonyl (C=O) groups is 1. The average Bonchev–Trinajstić information content (AvgIpc) is 3.20. The molecule has 2 aromatic rings. The number of nitrogens with one attached hydrogen (secondary N) is 1. The fraction of sp³-hybridized carbons (Fsp3) is 0.300. The van der Waals surface area contributed by atoms with E-state index in [0.29, 0.717) is 25.2 Å². The predicted octanol–water partition coefficient (Wildman–Crippen LogP) is 2.32. The van der Waals surface area contributed by atoms with Crippen molar-refractivity contribution in [3.05, 3.63) is 53.6 Å². The zero-order valence-corrected chi connectivity index (χ0v) is 14.9. The summed E-state index contributed by atoms with van der Waals surface area (Å²) in [7, 11) is 0. The highest BCUT2D eigenvalue weighted by atomic mass is 16.7. The van der Waals surface area contributed by atoms with Crippen LogP contribution in [0.1, 0.15) is 11.1 Å². The van der Waals surface area contributed by atoms with Gasteiger partial charge in [0.15, 0.2) is 11.5 Å². The van der Waals surface area contributed by atoms with E-state index in [0.717, 1.165) is 35.8 Å². The highest BCUT2D eigenvalue weighted by Crippen LogP contribution is 2.32. The molecule has 1 fully saturated rings. The molecule has 7 nitrogen and oxygen atoms in total. The Bertz CT molecular complexity index is 885. The minimum Gasteiger partial charge on any atom is -0.454 e. The number of carbonyl (C=O) groups excluding carboxylic acids is 1. The monoisotopic (exact) mass is 364 g/mol. The van der Waals surface area contributed by atoms with E-state index in [1.54, 1.807) is 6.07 Å². The Hall–Kier alpha value is -3.40. The first kappa shape index (κ1) is 17.0. The summed E-state index contributed by atoms with van der Waals surface area (Å²) in [6.07, 6.45) is 0. The van der Waals surface area contributed by atoms with Crippen LogP contribution in [0.25, 0.3) is 0 Å². The van der Waals surface area contributed by atoms with E-state index in [1.165, 1.54) is 0 Å². The van der Waals surface area contributed by atoms with Gasteiger partial charge in [0.2, 0.25) is 6.79 Å². The predicted molar refractivity (Wildman–Crippen MR) is 99.7 cm³/mol. The fourth-order valence-corrected chi connectivity index (χ4v) is 3.28. The number of ether oxygens (including phenoxy) is 2. The third-order valence-electron chi connectivity index (χ3n) is 4.79. The molecule has 0 aliphatic carbocycles. The van der Waals surface area contributed by atoms with Crippen LogP contribution in [0.5, 0.6) is 11.5 Å². The Labute approximate surface area is 157 Å². The van der Waals surface area contributed by atoms with Crippen molar-refractivity contribution in [2.24, 2.45) is 0 Å². The van der Waals surface area contributed by atoms with Crippen LogP contribution in [0.3, 0.4) is 0 Å². The second-order valence-electron chi connectivity index (χ2n) is 6.48. The molecule has 2 heterocycles. The summed E-state index contributed by atoms with van der Waals surface area (Å²) >= 11 is 0. The van der Waals surface area contributed by atoms with E-state index in [2.05, 4.69) is 16.3 Å². The summed E-state index contributed by atoms with van der Waals surface area (Å²) < 4.78 is 10.7. The Morgan fingerprint density at radius 2 is 1.89 bits per heavy atom. The van der Waals surface area contributed by atoms with E-state index < -0.39 is 0 Å². The molecular formula is C20H20N4O3. The quantitative estimate of drug-likeness (QED) is 0.904. The number of amides is 2. The minimum absolute atomic E-state index is 0.0712. The summed E-state index contributed by atoms with van der Waals surface area (Å²) in [6, 6.07) is 15.3. The first-order valence-electron chi connectivity index (χ1n) is 8.89. The average molecular weight is 364 g/mol. The van der Waals surface area contributed by atoms with Crippen molar-refractivity contribution in [2.75, 3.05) is 37.9 Å². The number of anilines is 1. The van der Waals surface area contributed by atoms with Gasteiger partial charge < -0.3 is 24.6 Å². The van der Waals surface area contributed by atoms with Gasteiger partial charge in [-0.15, -0.1) is 0 Å². The summed E-state index contributed by atoms with van der Waals surface area (Å²) in [6.45, 7) is 3.46. The largest absolute Gasteiger partial charge is 0.454 e. The van der Waals surface area contributed by atoms with Gasteiger partial charge in [0.1, 0.15) is 0 Å². The van der Waals surface area contributed by atoms with Crippen LogP contribution < -0.4 is 19.7 Å². The minimum atomic E-state index is -0.0712. The molecule has 138 valence electrons. The van der Waals surface area contributed by atoms with E-state index in [9.17, 15) is 4.79 Å². The first-order valence-corrected chi connectivity index (χ1v) is 8.89. The molecule has 2 aliphatic heterocycles. The number of nitriles is 1. The van der Waals surface area contributed by atoms with Gasteiger partial charge >= 0.3 is 6.03 Å². The maximum atomic E-state index is 12.4. The molecule has 2 amide bonds. The number of benzene rings is 2. The van der Waals surface area contributed by atoms with Gasteiger partial charge in [0.25, 0.3) is 0 Å². The molecule has 1 saturated heterocycles. The molecule has 2 aromatic carbocycles. The number of fused-ring (bicyclic) bond motifs is 1. The number of rotatable bonds is 3. The van der Waals surface area contributed by atoms with Crippen LogP contribution in [0, 0.1) is 11.3 Å². The van der Waals surface area contributed by atoms with Crippen molar-refractivity contribution in [1.82, 2.24) is 10.2 Å². The topological polar surface area (TPSA) is 77.8 Å². The lowest BCUT2D eigenvalue weighted by atomic mass is 10.2. The van der Waals surface area contributed by atoms with Crippen molar-refractivity contribution in [3.63, 3.8) is 0 Å². The van der Waals surface area contributed by atoms with Gasteiger partial charge in [-0.05, 0) is 35.9 Å². The Morgan fingerprint density at radius 1 is 1.07 bits per heavy atom. The first-order chi connectivity index (χ1) is 13.2. The summed E-state index contributed by atoms with van der Waals surface area (Å²) in [5, 5.41) is 12.0. The molecule has 0 spiro atoms. The van der Waals surface area contributed by atoms with Crippen LogP contribution >= 0.6 is 0 Å². The van der Waals surface area contributed by atoms with E-state index in [4.69, 9.17) is 14.7 Å². The lowest BCUT2D eigenvalue weighted by Gasteiger charge is -2.36. The number of hydrogen-bond acceptors (Lipinski definition) is 5. The third kappa shape index (κ3) is 3.75. The molecule has 0 atom stereocenters. The zero-order valence-electron chi connectivity index (χ0n) is 14.9. The Kier molecular flexibility index (Phi) is 4.71. The molecule has 1 N–H and O–H groups in total. The molecule has 7 heteroatoms. The summed E-state index contributed by atoms with van der Waals surface area (Å²) in [4.78, 5) is 16.5. The number of hydrogen-bond donors (Lipinski definition) is 1. The molecule has 27 heavy (non-hydrogen) atoms. The fourth-order valence-electron chi connectivity index (χ4n) is 3.28. The van der Waals surface area contributed by atoms with Gasteiger partial charge in [-0.2, -0.15) is 5.26 Å². The van der Waals surface area contributed by atoms with E-state index in [1.807, 2.05) is 41.3 Å². The highest BCUT2D eigenvalue weighted by molar-refractivity contribution is 5.74. The number of piperazine rings is 1. The van der Waals surface area contributed by atoms with Crippen LogP contribution in [0.15, 0.2) is 42.5 Å². The Balaban J connectivity index is 1.29. The molecule has 2 aliphatic rings. The molecule has 4 rings (SSSR count). The molecule has 0 unspecified atom stereocenters. The Morgan fingerprint density at radius 3 is 2.70 bits per heavy atom. The standard InChI is InChI=1S/C20H20N4O3/c21-12-15-2-1-3-17(10-15)23-6-8-24(9-7-23)20(25)22-13-16-4-5-18-19(11-16)27-14-26-18/h1-5,10-11H,6-9,13-14H2,(H,22,25). The van der Waals surface area contributed by atoms with Gasteiger partial charge in [0, 0.05) is 38.4 Å². The second-order valence-corrected chi connectivity index (χ2v) is 6.48. The van der Waals surface area contributed by atoms with Crippen molar-refractivity contribution >= 4 is 11.7 Å². The van der Waals surface area contributed by atoms with Crippen molar-refractivity contribution < 1.29 is 14.3 Å². The zero-order chi connectivity index (χ0) is 18.6. The lowest BCUT2D eigenvalue weighted by molar-refractivity contribution is 0.174. The van der Waals surface area contributed by atoms with E-state index >= 15 is 0 Å². The van der Waals surface area contributed by atoms with Crippen LogP contribution in [-0.4, -0.2) is 43.9 Å². The van der Waals surface area contributed by atoms with Gasteiger partial charge in [-0.3, -0.25) is 0 Å². The normalized spacial score (nSPS) is 15.4. The molecule has 0 radical (unpaired) electrons. The van der Waals surface area contributed by atoms with Gasteiger partial charge in [-0.1, -0.05) is 12.1 Å². The van der Waals surface area contributed by atoms with Crippen LogP contribution in [0.2, 0.25) is 0 Å². The lowest BCUT2D eigenvalue weighted by Crippen LogP contribution is -2.51. The number of urea groups is 1. The van der Waals surface area contributed by atoms with E-state index in [-0.39, 0.29) is 12.8 Å². The maximum Gasteiger partial charge on any atom is 0.317 e. The van der Waals surface area contributed by atoms with Gasteiger partial charge in [0.05, 0.1) is 11.6 Å². The maximum absolute atomic E-state index is 12.4. The van der Waals surface area contributed by atoms with Crippen LogP contribution in [-0.2, 0) is 6.54 Å². The van der Waals surface area contributed by atoms with Gasteiger partial charge in [-0.25, -0.2) is 4.79 Å². The highest BCUT2D eigenvalue weighted by Gasteiger charge is 2.21.